The second-order valence-corrected chi connectivity index (χ2v) is 6.75. The smallest absolute Gasteiger partial charge is 0.240 e. The number of nitrogens with one attached hydrogen (secondary N) is 1. The predicted molar refractivity (Wildman–Crippen MR) is 98.9 cm³/mol. The largest absolute Gasteiger partial charge is 0.354 e. The Morgan fingerprint density at radius 1 is 1.12 bits per heavy atom. The van der Waals surface area contributed by atoms with Crippen LogP contribution in [0.25, 0.3) is 10.9 Å². The van der Waals surface area contributed by atoms with Crippen LogP contribution in [0.1, 0.15) is 0 Å². The molecule has 1 aromatic carbocycles. The number of nitrogens with zero attached hydrogens (tertiary/aromatic N) is 5. The van der Waals surface area contributed by atoms with Crippen LogP contribution in [0.3, 0.4) is 0 Å². The Morgan fingerprint density at radius 3 is 2.76 bits per heavy atom. The number of hydrogen-bond donors (Lipinski definition) is 1. The van der Waals surface area contributed by atoms with Crippen molar-refractivity contribution in [3.05, 3.63) is 41.9 Å². The fourth-order valence-electron chi connectivity index (χ4n) is 2.96. The van der Waals surface area contributed by atoms with E-state index in [0.29, 0.717) is 11.7 Å². The van der Waals surface area contributed by atoms with Gasteiger partial charge in [0.1, 0.15) is 11.3 Å². The molecule has 3 aromatic rings. The molecule has 1 aliphatic rings. The molecular formula is C17H18N6OS. The number of anilines is 2. The summed E-state index contributed by atoms with van der Waals surface area (Å²) in [6.45, 7) is 3.75. The number of rotatable bonds is 4. The van der Waals surface area contributed by atoms with Crippen molar-refractivity contribution in [2.75, 3.05) is 42.9 Å². The lowest BCUT2D eigenvalue weighted by Gasteiger charge is -2.35. The molecule has 0 bridgehead atoms. The minimum absolute atomic E-state index is 0.0472. The maximum absolute atomic E-state index is 12.0. The molecule has 0 aliphatic carbocycles. The first kappa shape index (κ1) is 15.9. The van der Waals surface area contributed by atoms with Crippen LogP contribution in [0.15, 0.2) is 41.9 Å². The van der Waals surface area contributed by atoms with Gasteiger partial charge in [-0.1, -0.05) is 29.5 Å². The molecule has 0 radical (unpaired) electrons. The van der Waals surface area contributed by atoms with Crippen molar-refractivity contribution in [1.29, 1.82) is 0 Å². The molecule has 0 spiro atoms. The number of amides is 1. The van der Waals surface area contributed by atoms with Crippen LogP contribution in [0, 0.1) is 0 Å². The molecule has 3 heterocycles. The normalized spacial score (nSPS) is 15.4. The number of benzene rings is 1. The summed E-state index contributed by atoms with van der Waals surface area (Å²) in [5.41, 5.74) is 2.61. The van der Waals surface area contributed by atoms with E-state index in [2.05, 4.69) is 43.5 Å². The highest BCUT2D eigenvalue weighted by Gasteiger charge is 2.20. The van der Waals surface area contributed by atoms with Gasteiger partial charge in [-0.05, 0) is 18.2 Å². The van der Waals surface area contributed by atoms with Crippen molar-refractivity contribution in [1.82, 2.24) is 20.1 Å². The summed E-state index contributed by atoms with van der Waals surface area (Å²) in [5.74, 6) is 0.950. The van der Waals surface area contributed by atoms with Crippen molar-refractivity contribution in [3.8, 4) is 0 Å². The standard InChI is InChI=1S/C17H18N6OS/c24-16(20-17-21-18-12-25-17)11-22-7-9-23(10-8-22)15-6-5-13-3-1-2-4-14(13)19-15/h1-6,12H,7-11H2,(H,20,21,24). The first-order valence-corrected chi connectivity index (χ1v) is 9.05. The second-order valence-electron chi connectivity index (χ2n) is 5.92. The number of aromatic nitrogens is 3. The third-order valence-corrected chi connectivity index (χ3v) is 4.86. The predicted octanol–water partition coefficient (Wildman–Crippen LogP) is 1.85. The third kappa shape index (κ3) is 3.75. The van der Waals surface area contributed by atoms with E-state index in [0.717, 1.165) is 42.9 Å². The van der Waals surface area contributed by atoms with Crippen molar-refractivity contribution in [3.63, 3.8) is 0 Å². The van der Waals surface area contributed by atoms with Gasteiger partial charge in [0, 0.05) is 31.6 Å². The zero-order valence-electron chi connectivity index (χ0n) is 13.6. The minimum Gasteiger partial charge on any atom is -0.354 e. The zero-order valence-corrected chi connectivity index (χ0v) is 14.4. The number of pyridine rings is 1. The van der Waals surface area contributed by atoms with Crippen molar-refractivity contribution >= 4 is 39.1 Å². The summed E-state index contributed by atoms with van der Waals surface area (Å²) in [6, 6.07) is 12.3. The van der Waals surface area contributed by atoms with E-state index in [9.17, 15) is 4.79 Å². The molecule has 2 aromatic heterocycles. The van der Waals surface area contributed by atoms with Crippen LogP contribution < -0.4 is 10.2 Å². The van der Waals surface area contributed by atoms with E-state index < -0.39 is 0 Å². The summed E-state index contributed by atoms with van der Waals surface area (Å²) in [4.78, 5) is 21.2. The number of para-hydroxylation sites is 1. The lowest BCUT2D eigenvalue weighted by Crippen LogP contribution is -2.48. The van der Waals surface area contributed by atoms with Gasteiger partial charge in [-0.2, -0.15) is 0 Å². The molecule has 1 N–H and O–H groups in total. The fourth-order valence-corrected chi connectivity index (χ4v) is 3.42. The molecule has 0 unspecified atom stereocenters. The highest BCUT2D eigenvalue weighted by atomic mass is 32.1. The van der Waals surface area contributed by atoms with Crippen LogP contribution in [-0.2, 0) is 4.79 Å². The van der Waals surface area contributed by atoms with Gasteiger partial charge < -0.3 is 4.90 Å². The van der Waals surface area contributed by atoms with Gasteiger partial charge in [-0.15, -0.1) is 10.2 Å². The Hall–Kier alpha value is -2.58. The van der Waals surface area contributed by atoms with Crippen molar-refractivity contribution in [2.45, 2.75) is 0 Å². The van der Waals surface area contributed by atoms with Gasteiger partial charge in [0.25, 0.3) is 0 Å². The van der Waals surface area contributed by atoms with E-state index in [4.69, 9.17) is 4.98 Å². The first-order valence-electron chi connectivity index (χ1n) is 8.17. The summed E-state index contributed by atoms with van der Waals surface area (Å²) < 4.78 is 0. The molecule has 0 saturated carbocycles. The number of carbonyl (C=O) groups excluding carboxylic acids is 1. The van der Waals surface area contributed by atoms with Crippen LogP contribution in [-0.4, -0.2) is 58.7 Å². The van der Waals surface area contributed by atoms with Gasteiger partial charge in [0.2, 0.25) is 11.0 Å². The van der Waals surface area contributed by atoms with E-state index >= 15 is 0 Å². The SMILES string of the molecule is O=C(CN1CCN(c2ccc3ccccc3n2)CC1)Nc1nncs1. The second kappa shape index (κ2) is 7.12. The van der Waals surface area contributed by atoms with E-state index in [1.165, 1.54) is 11.3 Å². The summed E-state index contributed by atoms with van der Waals surface area (Å²) >= 11 is 1.32. The van der Waals surface area contributed by atoms with Gasteiger partial charge in [0.05, 0.1) is 12.1 Å². The van der Waals surface area contributed by atoms with Crippen LogP contribution in [0.5, 0.6) is 0 Å². The van der Waals surface area contributed by atoms with Gasteiger partial charge >= 0.3 is 0 Å². The monoisotopic (exact) mass is 354 g/mol. The van der Waals surface area contributed by atoms with E-state index in [1.807, 2.05) is 18.2 Å². The molecule has 25 heavy (non-hydrogen) atoms. The van der Waals surface area contributed by atoms with Crippen LogP contribution in [0.4, 0.5) is 10.9 Å². The van der Waals surface area contributed by atoms with Crippen molar-refractivity contribution < 1.29 is 4.79 Å². The molecule has 1 aliphatic heterocycles. The number of fused-ring (bicyclic) bond motifs is 1. The first-order chi connectivity index (χ1) is 12.3. The van der Waals surface area contributed by atoms with Crippen LogP contribution >= 0.6 is 11.3 Å². The average Bonchev–Trinajstić information content (AvgIpc) is 3.15. The molecule has 4 rings (SSSR count). The number of carbonyl (C=O) groups is 1. The van der Waals surface area contributed by atoms with E-state index in [1.54, 1.807) is 5.51 Å². The number of piperazine rings is 1. The molecule has 1 saturated heterocycles. The highest BCUT2D eigenvalue weighted by molar-refractivity contribution is 7.13. The third-order valence-electron chi connectivity index (χ3n) is 4.25. The Morgan fingerprint density at radius 2 is 1.96 bits per heavy atom. The Bertz CT molecular complexity index is 860. The average molecular weight is 354 g/mol. The molecule has 7 nitrogen and oxygen atoms in total. The van der Waals surface area contributed by atoms with Gasteiger partial charge in [-0.3, -0.25) is 15.0 Å². The van der Waals surface area contributed by atoms with E-state index in [-0.39, 0.29) is 5.91 Å². The molecule has 128 valence electrons. The Labute approximate surface area is 149 Å². The lowest BCUT2D eigenvalue weighted by atomic mass is 10.2. The quantitative estimate of drug-likeness (QED) is 0.771. The maximum Gasteiger partial charge on any atom is 0.240 e. The topological polar surface area (TPSA) is 74.2 Å². The minimum atomic E-state index is -0.0472. The Balaban J connectivity index is 1.33. The molecule has 1 fully saturated rings. The zero-order chi connectivity index (χ0) is 17.1. The fraction of sp³-hybridized carbons (Fsp3) is 0.294. The summed E-state index contributed by atoms with van der Waals surface area (Å²) in [5, 5.41) is 12.0. The molecule has 0 atom stereocenters. The highest BCUT2D eigenvalue weighted by Crippen LogP contribution is 2.19. The maximum atomic E-state index is 12.0. The van der Waals surface area contributed by atoms with Crippen LogP contribution in [0.2, 0.25) is 0 Å². The summed E-state index contributed by atoms with van der Waals surface area (Å²) in [7, 11) is 0. The van der Waals surface area contributed by atoms with Gasteiger partial charge in [0.15, 0.2) is 0 Å². The molecule has 8 heteroatoms. The van der Waals surface area contributed by atoms with Gasteiger partial charge in [-0.25, -0.2) is 4.98 Å². The molecule has 1 amide bonds. The Kier molecular flexibility index (Phi) is 4.53. The molecular weight excluding hydrogens is 336 g/mol. The lowest BCUT2D eigenvalue weighted by molar-refractivity contribution is -0.117. The number of hydrogen-bond acceptors (Lipinski definition) is 7. The summed E-state index contributed by atoms with van der Waals surface area (Å²) in [6.07, 6.45) is 0. The van der Waals surface area contributed by atoms with Crippen molar-refractivity contribution in [2.24, 2.45) is 0 Å².